The van der Waals surface area contributed by atoms with Crippen LogP contribution in [0, 0.1) is 0 Å². The smallest absolute Gasteiger partial charge is 0.246 e. The van der Waals surface area contributed by atoms with E-state index >= 15 is 0 Å². The molecule has 2 nitrogen and oxygen atoms in total. The van der Waals surface area contributed by atoms with Gasteiger partial charge in [-0.2, -0.15) is 0 Å². The molecule has 0 radical (unpaired) electrons. The minimum atomic E-state index is -2.28. The van der Waals surface area contributed by atoms with E-state index in [1.807, 2.05) is 20.8 Å². The molecular weight excluding hydrogens is 147 g/mol. The summed E-state index contributed by atoms with van der Waals surface area (Å²) in [6.07, 6.45) is 4.49. The van der Waals surface area contributed by atoms with Crippen LogP contribution in [0.5, 0.6) is 0 Å². The van der Waals surface area contributed by atoms with Gasteiger partial charge in [0.2, 0.25) is 7.37 Å². The Bertz CT molecular complexity index is 144. The summed E-state index contributed by atoms with van der Waals surface area (Å²) in [5.74, 6) is 0. The van der Waals surface area contributed by atoms with Gasteiger partial charge < -0.3 is 4.52 Å². The lowest BCUT2D eigenvalue weighted by Crippen LogP contribution is -1.89. The van der Waals surface area contributed by atoms with E-state index in [2.05, 4.69) is 0 Å². The first-order valence-electron chi connectivity index (χ1n) is 3.56. The van der Waals surface area contributed by atoms with E-state index in [0.29, 0.717) is 12.3 Å². The van der Waals surface area contributed by atoms with E-state index in [4.69, 9.17) is 4.52 Å². The van der Waals surface area contributed by atoms with E-state index in [0.717, 1.165) is 0 Å². The first-order valence-corrected chi connectivity index (χ1v) is 5.55. The SMILES string of the molecule is CC=COP(=O)(CC)CC. The maximum Gasteiger partial charge on any atom is 0.246 e. The molecule has 0 aromatic carbocycles. The van der Waals surface area contributed by atoms with Gasteiger partial charge in [0.25, 0.3) is 0 Å². The van der Waals surface area contributed by atoms with E-state index in [-0.39, 0.29) is 0 Å². The highest BCUT2D eigenvalue weighted by Crippen LogP contribution is 2.45. The number of rotatable bonds is 4. The van der Waals surface area contributed by atoms with Crippen molar-refractivity contribution < 1.29 is 9.09 Å². The predicted octanol–water partition coefficient (Wildman–Crippen LogP) is 2.85. The number of hydrogen-bond donors (Lipinski definition) is 0. The Morgan fingerprint density at radius 2 is 1.90 bits per heavy atom. The molecule has 0 spiro atoms. The van der Waals surface area contributed by atoms with Crippen molar-refractivity contribution in [2.24, 2.45) is 0 Å². The summed E-state index contributed by atoms with van der Waals surface area (Å²) >= 11 is 0. The molecule has 0 aliphatic heterocycles. The van der Waals surface area contributed by atoms with Crippen LogP contribution in [0.1, 0.15) is 20.8 Å². The molecule has 0 N–H and O–H groups in total. The third kappa shape index (κ3) is 3.07. The maximum absolute atomic E-state index is 11.4. The van der Waals surface area contributed by atoms with Crippen molar-refractivity contribution in [2.45, 2.75) is 20.8 Å². The summed E-state index contributed by atoms with van der Waals surface area (Å²) in [7, 11) is -2.28. The quantitative estimate of drug-likeness (QED) is 0.469. The predicted molar refractivity (Wildman–Crippen MR) is 44.6 cm³/mol. The van der Waals surface area contributed by atoms with Gasteiger partial charge in [-0.05, 0) is 6.92 Å². The van der Waals surface area contributed by atoms with Gasteiger partial charge >= 0.3 is 0 Å². The van der Waals surface area contributed by atoms with Gasteiger partial charge in [-0.15, -0.1) is 0 Å². The fourth-order valence-corrected chi connectivity index (χ4v) is 1.63. The maximum atomic E-state index is 11.4. The van der Waals surface area contributed by atoms with E-state index in [1.54, 1.807) is 6.08 Å². The average molecular weight is 162 g/mol. The highest BCUT2D eigenvalue weighted by molar-refractivity contribution is 7.58. The summed E-state index contributed by atoms with van der Waals surface area (Å²) in [5.41, 5.74) is 0. The standard InChI is InChI=1S/C7H15O2P/c1-4-7-9-10(8,5-2)6-3/h4,7H,5-6H2,1-3H3. The highest BCUT2D eigenvalue weighted by Gasteiger charge is 2.15. The van der Waals surface area contributed by atoms with Gasteiger partial charge in [0, 0.05) is 12.3 Å². The van der Waals surface area contributed by atoms with Crippen molar-refractivity contribution in [3.8, 4) is 0 Å². The second-order valence-corrected chi connectivity index (χ2v) is 5.13. The topological polar surface area (TPSA) is 26.3 Å². The number of allylic oxidation sites excluding steroid dienone is 1. The third-order valence-corrected chi connectivity index (χ3v) is 3.79. The van der Waals surface area contributed by atoms with Gasteiger partial charge in [-0.1, -0.05) is 19.9 Å². The first-order chi connectivity index (χ1) is 4.68. The van der Waals surface area contributed by atoms with Crippen LogP contribution in [0.25, 0.3) is 0 Å². The molecule has 0 unspecified atom stereocenters. The summed E-state index contributed by atoms with van der Waals surface area (Å²) in [5, 5.41) is 0. The zero-order chi connectivity index (χ0) is 8.04. The van der Waals surface area contributed by atoms with Crippen LogP contribution in [-0.4, -0.2) is 12.3 Å². The lowest BCUT2D eigenvalue weighted by molar-refractivity contribution is 0.441. The summed E-state index contributed by atoms with van der Waals surface area (Å²) < 4.78 is 16.5. The molecule has 0 atom stereocenters. The molecule has 0 bridgehead atoms. The van der Waals surface area contributed by atoms with Crippen LogP contribution < -0.4 is 0 Å². The molecule has 0 aliphatic rings. The molecule has 60 valence electrons. The van der Waals surface area contributed by atoms with Crippen LogP contribution >= 0.6 is 7.37 Å². The van der Waals surface area contributed by atoms with Crippen LogP contribution in [0.15, 0.2) is 12.3 Å². The van der Waals surface area contributed by atoms with E-state index in [1.165, 1.54) is 6.26 Å². The average Bonchev–Trinajstić information content (AvgIpc) is 2.00. The molecule has 0 aliphatic carbocycles. The van der Waals surface area contributed by atoms with Crippen molar-refractivity contribution in [3.05, 3.63) is 12.3 Å². The zero-order valence-corrected chi connectivity index (χ0v) is 7.73. The molecule has 0 saturated heterocycles. The molecule has 0 aromatic rings. The first kappa shape index (κ1) is 9.77. The third-order valence-electron chi connectivity index (χ3n) is 1.35. The lowest BCUT2D eigenvalue weighted by atomic mass is 10.8. The van der Waals surface area contributed by atoms with Crippen molar-refractivity contribution in [1.82, 2.24) is 0 Å². The molecule has 10 heavy (non-hydrogen) atoms. The van der Waals surface area contributed by atoms with Crippen molar-refractivity contribution in [3.63, 3.8) is 0 Å². The van der Waals surface area contributed by atoms with E-state index < -0.39 is 7.37 Å². The van der Waals surface area contributed by atoms with Gasteiger partial charge in [0.05, 0.1) is 6.26 Å². The second kappa shape index (κ2) is 4.56. The van der Waals surface area contributed by atoms with Crippen molar-refractivity contribution >= 4 is 7.37 Å². The largest absolute Gasteiger partial charge is 0.451 e. The Morgan fingerprint density at radius 1 is 1.40 bits per heavy atom. The van der Waals surface area contributed by atoms with Gasteiger partial charge in [-0.25, -0.2) is 0 Å². The van der Waals surface area contributed by atoms with Gasteiger partial charge in [0.1, 0.15) is 0 Å². The summed E-state index contributed by atoms with van der Waals surface area (Å²) in [6.45, 7) is 5.61. The molecule has 0 heterocycles. The Hall–Kier alpha value is -0.230. The molecule has 0 rings (SSSR count). The Kier molecular flexibility index (Phi) is 4.46. The Balaban J connectivity index is 3.94. The van der Waals surface area contributed by atoms with Crippen molar-refractivity contribution in [1.29, 1.82) is 0 Å². The Morgan fingerprint density at radius 3 is 2.20 bits per heavy atom. The fourth-order valence-electron chi connectivity index (χ4n) is 0.544. The summed E-state index contributed by atoms with van der Waals surface area (Å²) in [6, 6.07) is 0. The molecule has 0 fully saturated rings. The van der Waals surface area contributed by atoms with E-state index in [9.17, 15) is 4.57 Å². The summed E-state index contributed by atoms with van der Waals surface area (Å²) in [4.78, 5) is 0. The van der Waals surface area contributed by atoms with Crippen LogP contribution in [0.4, 0.5) is 0 Å². The zero-order valence-electron chi connectivity index (χ0n) is 6.83. The molecule has 0 amide bonds. The van der Waals surface area contributed by atoms with Crippen molar-refractivity contribution in [2.75, 3.05) is 12.3 Å². The monoisotopic (exact) mass is 162 g/mol. The molecular formula is C7H15O2P. The highest BCUT2D eigenvalue weighted by atomic mass is 31.2. The normalized spacial score (nSPS) is 12.3. The van der Waals surface area contributed by atoms with Crippen LogP contribution in [0.3, 0.4) is 0 Å². The van der Waals surface area contributed by atoms with Crippen LogP contribution in [0.2, 0.25) is 0 Å². The second-order valence-electron chi connectivity index (χ2n) is 2.02. The van der Waals surface area contributed by atoms with Gasteiger partial charge in [-0.3, -0.25) is 4.57 Å². The molecule has 0 saturated carbocycles. The Labute approximate surface area is 62.7 Å². The lowest BCUT2D eigenvalue weighted by Gasteiger charge is -2.11. The minimum absolute atomic E-state index is 0.619. The molecule has 3 heteroatoms. The van der Waals surface area contributed by atoms with Crippen LogP contribution in [-0.2, 0) is 9.09 Å². The fraction of sp³-hybridized carbons (Fsp3) is 0.714. The minimum Gasteiger partial charge on any atom is -0.451 e. The molecule has 0 aromatic heterocycles. The van der Waals surface area contributed by atoms with Gasteiger partial charge in [0.15, 0.2) is 0 Å². The number of hydrogen-bond acceptors (Lipinski definition) is 2.